The largest absolute Gasteiger partial charge is 0.467 e. The lowest BCUT2D eigenvalue weighted by Crippen LogP contribution is -2.49. The maximum absolute atomic E-state index is 11.7. The van der Waals surface area contributed by atoms with Crippen LogP contribution in [0.5, 0.6) is 0 Å². The fourth-order valence-corrected chi connectivity index (χ4v) is 2.39. The molecule has 0 spiro atoms. The average molecular weight is 436 g/mol. The normalized spacial score (nSPS) is 15.7. The Hall–Kier alpha value is -1.45. The Morgan fingerprint density at radius 1 is 1.48 bits per heavy atom. The summed E-state index contributed by atoms with van der Waals surface area (Å²) in [4.78, 5) is 17.6. The van der Waals surface area contributed by atoms with E-state index in [1.165, 1.54) is 0 Å². The van der Waals surface area contributed by atoms with Crippen LogP contribution >= 0.6 is 24.0 Å². The van der Waals surface area contributed by atoms with Gasteiger partial charge in [0.15, 0.2) is 5.96 Å². The van der Waals surface area contributed by atoms with Crippen LogP contribution in [0, 0.1) is 0 Å². The highest BCUT2D eigenvalue weighted by atomic mass is 127. The number of rotatable bonds is 4. The van der Waals surface area contributed by atoms with Gasteiger partial charge in [0.25, 0.3) is 0 Å². The van der Waals surface area contributed by atoms with E-state index in [2.05, 4.69) is 15.6 Å². The lowest BCUT2D eigenvalue weighted by Gasteiger charge is -2.32. The highest BCUT2D eigenvalue weighted by Crippen LogP contribution is 2.11. The number of halogens is 1. The minimum atomic E-state index is -0.221. The Balaban J connectivity index is 0.00000264. The van der Waals surface area contributed by atoms with Crippen molar-refractivity contribution in [2.45, 2.75) is 32.4 Å². The second-order valence-electron chi connectivity index (χ2n) is 5.11. The Kier molecular flexibility index (Phi) is 8.82. The lowest BCUT2D eigenvalue weighted by molar-refractivity contribution is 0.0963. The summed E-state index contributed by atoms with van der Waals surface area (Å²) in [5, 5.41) is 6.59. The van der Waals surface area contributed by atoms with E-state index in [9.17, 15) is 4.79 Å². The molecule has 2 N–H and O–H groups in total. The second-order valence-corrected chi connectivity index (χ2v) is 5.11. The van der Waals surface area contributed by atoms with Gasteiger partial charge in [0, 0.05) is 26.2 Å². The molecule has 0 unspecified atom stereocenters. The highest BCUT2D eigenvalue weighted by molar-refractivity contribution is 14.0. The van der Waals surface area contributed by atoms with Crippen molar-refractivity contribution in [3.63, 3.8) is 0 Å². The van der Waals surface area contributed by atoms with Crippen LogP contribution in [0.15, 0.2) is 27.8 Å². The first-order chi connectivity index (χ1) is 10.7. The molecule has 0 bridgehead atoms. The molecule has 2 heterocycles. The summed E-state index contributed by atoms with van der Waals surface area (Å²) in [7, 11) is 1.74. The molecule has 0 aliphatic carbocycles. The number of nitrogens with zero attached hydrogens (tertiary/aromatic N) is 2. The second kappa shape index (κ2) is 10.3. The number of likely N-dealkylation sites (tertiary alicyclic amines) is 1. The van der Waals surface area contributed by atoms with Gasteiger partial charge >= 0.3 is 6.09 Å². The summed E-state index contributed by atoms with van der Waals surface area (Å²) >= 11 is 0. The smallest absolute Gasteiger partial charge is 0.409 e. The van der Waals surface area contributed by atoms with Gasteiger partial charge in [0.05, 0.1) is 19.4 Å². The third-order valence-corrected chi connectivity index (χ3v) is 3.60. The zero-order chi connectivity index (χ0) is 15.8. The van der Waals surface area contributed by atoms with Gasteiger partial charge in [-0.05, 0) is 31.9 Å². The van der Waals surface area contributed by atoms with E-state index in [4.69, 9.17) is 9.15 Å². The lowest BCUT2D eigenvalue weighted by atomic mass is 10.1. The van der Waals surface area contributed by atoms with Crippen LogP contribution in [0.4, 0.5) is 4.79 Å². The first-order valence-electron chi connectivity index (χ1n) is 7.64. The van der Waals surface area contributed by atoms with Crippen molar-refractivity contribution in [3.8, 4) is 0 Å². The van der Waals surface area contributed by atoms with Gasteiger partial charge in [-0.25, -0.2) is 4.79 Å². The average Bonchev–Trinajstić information content (AvgIpc) is 3.05. The number of hydrogen-bond donors (Lipinski definition) is 2. The number of guanidine groups is 1. The molecule has 1 amide bonds. The molecule has 1 aromatic heterocycles. The Morgan fingerprint density at radius 3 is 2.78 bits per heavy atom. The molecular weight excluding hydrogens is 411 g/mol. The fourth-order valence-electron chi connectivity index (χ4n) is 2.39. The third kappa shape index (κ3) is 6.28. The van der Waals surface area contributed by atoms with Gasteiger partial charge in [-0.15, -0.1) is 24.0 Å². The van der Waals surface area contributed by atoms with Crippen molar-refractivity contribution in [3.05, 3.63) is 24.2 Å². The maximum Gasteiger partial charge on any atom is 0.409 e. The predicted molar refractivity (Wildman–Crippen MR) is 99.1 cm³/mol. The van der Waals surface area contributed by atoms with Gasteiger partial charge in [0.1, 0.15) is 5.76 Å². The van der Waals surface area contributed by atoms with E-state index in [1.54, 1.807) is 18.2 Å². The van der Waals surface area contributed by atoms with E-state index >= 15 is 0 Å². The van der Waals surface area contributed by atoms with Crippen molar-refractivity contribution < 1.29 is 13.9 Å². The number of hydrogen-bond acceptors (Lipinski definition) is 4. The topological polar surface area (TPSA) is 79.1 Å². The molecule has 1 aliphatic rings. The number of aliphatic imine (C=N–C) groups is 1. The molecule has 2 rings (SSSR count). The number of nitrogens with one attached hydrogen (secondary N) is 2. The van der Waals surface area contributed by atoms with E-state index in [1.807, 2.05) is 19.1 Å². The van der Waals surface area contributed by atoms with Crippen LogP contribution in [0.3, 0.4) is 0 Å². The minimum Gasteiger partial charge on any atom is -0.467 e. The SMILES string of the molecule is CCOC(=O)N1CCC(NC(=NC)NCc2ccco2)CC1.I. The Labute approximate surface area is 153 Å². The first-order valence-corrected chi connectivity index (χ1v) is 7.64. The van der Waals surface area contributed by atoms with E-state index in [0.29, 0.717) is 32.3 Å². The molecule has 7 nitrogen and oxygen atoms in total. The van der Waals surface area contributed by atoms with Crippen LogP contribution in [0.2, 0.25) is 0 Å². The summed E-state index contributed by atoms with van der Waals surface area (Å²) in [6, 6.07) is 4.07. The molecule has 0 saturated carbocycles. The van der Waals surface area contributed by atoms with Crippen molar-refractivity contribution in [1.82, 2.24) is 15.5 Å². The number of carbonyl (C=O) groups excluding carboxylic acids is 1. The molecular formula is C15H25IN4O3. The Bertz CT molecular complexity index is 485. The van der Waals surface area contributed by atoms with Crippen molar-refractivity contribution >= 4 is 36.0 Å². The summed E-state index contributed by atoms with van der Waals surface area (Å²) in [6.45, 7) is 4.23. The molecule has 23 heavy (non-hydrogen) atoms. The maximum atomic E-state index is 11.7. The first kappa shape index (κ1) is 19.6. The highest BCUT2D eigenvalue weighted by Gasteiger charge is 2.23. The molecule has 1 fully saturated rings. The van der Waals surface area contributed by atoms with Crippen LogP contribution in [-0.2, 0) is 11.3 Å². The van der Waals surface area contributed by atoms with Crippen LogP contribution in [-0.4, -0.2) is 49.7 Å². The van der Waals surface area contributed by atoms with Gasteiger partial charge < -0.3 is 24.7 Å². The minimum absolute atomic E-state index is 0. The van der Waals surface area contributed by atoms with Crippen LogP contribution < -0.4 is 10.6 Å². The Morgan fingerprint density at radius 2 is 2.22 bits per heavy atom. The monoisotopic (exact) mass is 436 g/mol. The van der Waals surface area contributed by atoms with Gasteiger partial charge in [0.2, 0.25) is 0 Å². The predicted octanol–water partition coefficient (Wildman–Crippen LogP) is 2.18. The zero-order valence-electron chi connectivity index (χ0n) is 13.6. The molecule has 8 heteroatoms. The molecule has 0 aromatic carbocycles. The zero-order valence-corrected chi connectivity index (χ0v) is 15.9. The molecule has 130 valence electrons. The summed E-state index contributed by atoms with van der Waals surface area (Å²) in [6.07, 6.45) is 3.18. The van der Waals surface area contributed by atoms with Crippen molar-refractivity contribution in [1.29, 1.82) is 0 Å². The molecule has 1 aromatic rings. The fraction of sp³-hybridized carbons (Fsp3) is 0.600. The van der Waals surface area contributed by atoms with Gasteiger partial charge in [-0.1, -0.05) is 0 Å². The van der Waals surface area contributed by atoms with Crippen molar-refractivity contribution in [2.24, 2.45) is 4.99 Å². The van der Waals surface area contributed by atoms with Crippen molar-refractivity contribution in [2.75, 3.05) is 26.7 Å². The summed E-state index contributed by atoms with van der Waals surface area (Å²) in [5.74, 6) is 1.60. The molecule has 0 radical (unpaired) electrons. The standard InChI is InChI=1S/C15H24N4O3.HI/c1-3-21-15(20)19-8-6-12(7-9-19)18-14(16-2)17-11-13-5-4-10-22-13;/h4-5,10,12H,3,6-9,11H2,1-2H3,(H2,16,17,18);1H. The number of ether oxygens (including phenoxy) is 1. The van der Waals surface area contributed by atoms with Gasteiger partial charge in [-0.3, -0.25) is 4.99 Å². The van der Waals surface area contributed by atoms with Crippen LogP contribution in [0.25, 0.3) is 0 Å². The number of carbonyl (C=O) groups is 1. The summed E-state index contributed by atoms with van der Waals surface area (Å²) in [5.41, 5.74) is 0. The third-order valence-electron chi connectivity index (χ3n) is 3.60. The van der Waals surface area contributed by atoms with Gasteiger partial charge in [-0.2, -0.15) is 0 Å². The number of piperidine rings is 1. The molecule has 1 aliphatic heterocycles. The molecule has 0 atom stereocenters. The number of furan rings is 1. The van der Waals surface area contributed by atoms with E-state index < -0.39 is 0 Å². The molecule has 1 saturated heterocycles. The van der Waals surface area contributed by atoms with Crippen LogP contribution in [0.1, 0.15) is 25.5 Å². The van der Waals surface area contributed by atoms with E-state index in [0.717, 1.165) is 24.6 Å². The quantitative estimate of drug-likeness (QED) is 0.430. The number of amides is 1. The van der Waals surface area contributed by atoms with E-state index in [-0.39, 0.29) is 30.1 Å². The summed E-state index contributed by atoms with van der Waals surface area (Å²) < 4.78 is 10.3.